The Morgan fingerprint density at radius 3 is 2.64 bits per heavy atom. The van der Waals surface area contributed by atoms with Crippen LogP contribution in [0.3, 0.4) is 0 Å². The highest BCUT2D eigenvalue weighted by atomic mass is 35.5. The molecule has 60 valence electrons. The van der Waals surface area contributed by atoms with Crippen molar-refractivity contribution in [1.82, 2.24) is 9.36 Å². The van der Waals surface area contributed by atoms with Crippen molar-refractivity contribution in [2.45, 2.75) is 31.6 Å². The Balaban J connectivity index is 2.15. The van der Waals surface area contributed by atoms with Crippen LogP contribution in [0.1, 0.15) is 37.4 Å². The average molecular weight is 189 g/mol. The highest BCUT2D eigenvalue weighted by Crippen LogP contribution is 2.33. The van der Waals surface area contributed by atoms with Gasteiger partial charge in [-0.25, -0.2) is 4.98 Å². The van der Waals surface area contributed by atoms with Crippen molar-refractivity contribution < 1.29 is 0 Å². The molecular formula is C7H9ClN2S. The molecule has 2 rings (SSSR count). The topological polar surface area (TPSA) is 25.8 Å². The maximum Gasteiger partial charge on any atom is 0.203 e. The minimum absolute atomic E-state index is 0.576. The molecule has 2 nitrogen and oxygen atoms in total. The predicted molar refractivity (Wildman–Crippen MR) is 46.1 cm³/mol. The Hall–Kier alpha value is -0.150. The van der Waals surface area contributed by atoms with Gasteiger partial charge in [0.15, 0.2) is 0 Å². The molecule has 0 radical (unpaired) electrons. The van der Waals surface area contributed by atoms with E-state index in [4.69, 9.17) is 11.6 Å². The first kappa shape index (κ1) is 7.50. The minimum atomic E-state index is 0.576. The number of aromatic nitrogens is 2. The standard InChI is InChI=1S/C7H9ClN2S/c8-7-9-6(10-11-7)5-3-1-2-4-5/h5H,1-4H2. The molecule has 0 bridgehead atoms. The third kappa shape index (κ3) is 1.54. The lowest BCUT2D eigenvalue weighted by Crippen LogP contribution is -1.93. The van der Waals surface area contributed by atoms with Crippen LogP contribution in [-0.2, 0) is 0 Å². The molecule has 1 heterocycles. The van der Waals surface area contributed by atoms with Gasteiger partial charge in [-0.05, 0) is 36.0 Å². The summed E-state index contributed by atoms with van der Waals surface area (Å²) in [6, 6.07) is 0. The van der Waals surface area contributed by atoms with E-state index in [0.717, 1.165) is 5.82 Å². The van der Waals surface area contributed by atoms with Gasteiger partial charge in [-0.3, -0.25) is 0 Å². The molecule has 0 unspecified atom stereocenters. The van der Waals surface area contributed by atoms with Gasteiger partial charge in [0.2, 0.25) is 4.47 Å². The van der Waals surface area contributed by atoms with Gasteiger partial charge < -0.3 is 0 Å². The highest BCUT2D eigenvalue weighted by molar-refractivity contribution is 7.10. The van der Waals surface area contributed by atoms with Gasteiger partial charge in [0.05, 0.1) is 0 Å². The van der Waals surface area contributed by atoms with Crippen LogP contribution in [-0.4, -0.2) is 9.36 Å². The number of nitrogens with zero attached hydrogens (tertiary/aromatic N) is 2. The summed E-state index contributed by atoms with van der Waals surface area (Å²) in [5.74, 6) is 1.57. The predicted octanol–water partition coefficient (Wildman–Crippen LogP) is 2.85. The zero-order valence-electron chi connectivity index (χ0n) is 6.09. The van der Waals surface area contributed by atoms with E-state index in [1.807, 2.05) is 0 Å². The maximum absolute atomic E-state index is 5.68. The summed E-state index contributed by atoms with van der Waals surface area (Å²) in [5.41, 5.74) is 0. The molecule has 0 N–H and O–H groups in total. The Kier molecular flexibility index (Phi) is 2.09. The fraction of sp³-hybridized carbons (Fsp3) is 0.714. The second-order valence-electron chi connectivity index (χ2n) is 2.89. The molecule has 0 amide bonds. The van der Waals surface area contributed by atoms with E-state index in [1.165, 1.54) is 37.2 Å². The minimum Gasteiger partial charge on any atom is -0.208 e. The molecular weight excluding hydrogens is 180 g/mol. The smallest absolute Gasteiger partial charge is 0.203 e. The van der Waals surface area contributed by atoms with E-state index < -0.39 is 0 Å². The molecule has 11 heavy (non-hydrogen) atoms. The molecule has 0 atom stereocenters. The van der Waals surface area contributed by atoms with Crippen LogP contribution >= 0.6 is 23.1 Å². The van der Waals surface area contributed by atoms with Gasteiger partial charge >= 0.3 is 0 Å². The summed E-state index contributed by atoms with van der Waals surface area (Å²) < 4.78 is 4.77. The quantitative estimate of drug-likeness (QED) is 0.678. The summed E-state index contributed by atoms with van der Waals surface area (Å²) in [6.07, 6.45) is 5.13. The van der Waals surface area contributed by atoms with Crippen molar-refractivity contribution in [2.24, 2.45) is 0 Å². The molecule has 0 saturated heterocycles. The number of hydrogen-bond donors (Lipinski definition) is 0. The normalized spacial score (nSPS) is 19.4. The van der Waals surface area contributed by atoms with E-state index in [0.29, 0.717) is 10.4 Å². The van der Waals surface area contributed by atoms with Gasteiger partial charge in [0.25, 0.3) is 0 Å². The summed E-state index contributed by atoms with van der Waals surface area (Å²) in [5, 5.41) is 0. The maximum atomic E-state index is 5.68. The molecule has 1 fully saturated rings. The third-order valence-electron chi connectivity index (χ3n) is 2.14. The molecule has 1 saturated carbocycles. The second-order valence-corrected chi connectivity index (χ2v) is 4.22. The van der Waals surface area contributed by atoms with Crippen LogP contribution in [0.4, 0.5) is 0 Å². The van der Waals surface area contributed by atoms with Crippen LogP contribution in [0.25, 0.3) is 0 Å². The van der Waals surface area contributed by atoms with Crippen molar-refractivity contribution in [2.75, 3.05) is 0 Å². The van der Waals surface area contributed by atoms with Crippen molar-refractivity contribution >= 4 is 23.1 Å². The van der Waals surface area contributed by atoms with Crippen LogP contribution < -0.4 is 0 Å². The van der Waals surface area contributed by atoms with Gasteiger partial charge in [0, 0.05) is 5.92 Å². The van der Waals surface area contributed by atoms with E-state index in [-0.39, 0.29) is 0 Å². The van der Waals surface area contributed by atoms with Crippen LogP contribution in [0, 0.1) is 0 Å². The van der Waals surface area contributed by atoms with Crippen molar-refractivity contribution in [1.29, 1.82) is 0 Å². The van der Waals surface area contributed by atoms with Crippen molar-refractivity contribution in [3.05, 3.63) is 10.3 Å². The van der Waals surface area contributed by atoms with Gasteiger partial charge in [-0.15, -0.1) is 0 Å². The molecule has 1 aromatic heterocycles. The molecule has 0 aromatic carbocycles. The first-order valence-corrected chi connectivity index (χ1v) is 5.00. The van der Waals surface area contributed by atoms with Crippen LogP contribution in [0.15, 0.2) is 0 Å². The van der Waals surface area contributed by atoms with Gasteiger partial charge in [-0.2, -0.15) is 4.37 Å². The first-order valence-electron chi connectivity index (χ1n) is 3.85. The summed E-state index contributed by atoms with van der Waals surface area (Å²) in [6.45, 7) is 0. The third-order valence-corrected chi connectivity index (χ3v) is 2.95. The first-order chi connectivity index (χ1) is 5.36. The fourth-order valence-electron chi connectivity index (χ4n) is 1.57. The molecule has 1 aromatic rings. The number of rotatable bonds is 1. The molecule has 0 aliphatic heterocycles. The van der Waals surface area contributed by atoms with Crippen LogP contribution in [0.5, 0.6) is 0 Å². The Morgan fingerprint density at radius 1 is 1.36 bits per heavy atom. The van der Waals surface area contributed by atoms with E-state index in [1.54, 1.807) is 0 Å². The lowest BCUT2D eigenvalue weighted by molar-refractivity contribution is 0.681. The lowest BCUT2D eigenvalue weighted by atomic mass is 10.1. The summed E-state index contributed by atoms with van der Waals surface area (Å²) in [7, 11) is 0. The van der Waals surface area contributed by atoms with E-state index in [2.05, 4.69) is 9.36 Å². The molecule has 1 aliphatic rings. The molecule has 1 aliphatic carbocycles. The van der Waals surface area contributed by atoms with Crippen molar-refractivity contribution in [3.63, 3.8) is 0 Å². The fourth-order valence-corrected chi connectivity index (χ4v) is 2.25. The molecule has 4 heteroatoms. The van der Waals surface area contributed by atoms with Crippen LogP contribution in [0.2, 0.25) is 4.47 Å². The zero-order chi connectivity index (χ0) is 7.68. The second kappa shape index (κ2) is 3.07. The number of hydrogen-bond acceptors (Lipinski definition) is 3. The summed E-state index contributed by atoms with van der Waals surface area (Å²) >= 11 is 6.98. The zero-order valence-corrected chi connectivity index (χ0v) is 7.66. The van der Waals surface area contributed by atoms with Crippen molar-refractivity contribution in [3.8, 4) is 0 Å². The van der Waals surface area contributed by atoms with Gasteiger partial charge in [-0.1, -0.05) is 12.8 Å². The lowest BCUT2D eigenvalue weighted by Gasteiger charge is -2.00. The monoisotopic (exact) mass is 188 g/mol. The Labute approximate surface area is 74.8 Å². The Bertz CT molecular complexity index is 242. The Morgan fingerprint density at radius 2 is 2.09 bits per heavy atom. The molecule has 0 spiro atoms. The largest absolute Gasteiger partial charge is 0.208 e. The SMILES string of the molecule is Clc1nc(C2CCCC2)ns1. The average Bonchev–Trinajstić information content (AvgIpc) is 2.55. The summed E-state index contributed by atoms with van der Waals surface area (Å²) in [4.78, 5) is 4.17. The van der Waals surface area contributed by atoms with E-state index >= 15 is 0 Å². The van der Waals surface area contributed by atoms with Gasteiger partial charge in [0.1, 0.15) is 5.82 Å². The van der Waals surface area contributed by atoms with E-state index in [9.17, 15) is 0 Å². The number of halogens is 1. The highest BCUT2D eigenvalue weighted by Gasteiger charge is 2.20.